The van der Waals surface area contributed by atoms with Gasteiger partial charge in [-0.2, -0.15) is 0 Å². The van der Waals surface area contributed by atoms with E-state index >= 15 is 0 Å². The van der Waals surface area contributed by atoms with Crippen molar-refractivity contribution in [3.8, 4) is 0 Å². The van der Waals surface area contributed by atoms with Crippen LogP contribution in [-0.2, 0) is 9.47 Å². The molecular formula is C14H27NO2. The molecule has 0 saturated carbocycles. The second-order valence-corrected chi connectivity index (χ2v) is 5.41. The Morgan fingerprint density at radius 2 is 2.18 bits per heavy atom. The van der Waals surface area contributed by atoms with Gasteiger partial charge in [0.1, 0.15) is 0 Å². The molecule has 3 heteroatoms. The van der Waals surface area contributed by atoms with Crippen LogP contribution in [0.4, 0.5) is 0 Å². The second kappa shape index (κ2) is 6.72. The van der Waals surface area contributed by atoms with Crippen LogP contribution in [0.5, 0.6) is 0 Å². The molecule has 0 spiro atoms. The van der Waals surface area contributed by atoms with Crippen LogP contribution in [0, 0.1) is 5.92 Å². The lowest BCUT2D eigenvalue weighted by atomic mass is 9.84. The fourth-order valence-electron chi connectivity index (χ4n) is 3.12. The van der Waals surface area contributed by atoms with Crippen LogP contribution in [0.25, 0.3) is 0 Å². The molecule has 3 nitrogen and oxygen atoms in total. The monoisotopic (exact) mass is 241 g/mol. The maximum Gasteiger partial charge on any atom is 0.0624 e. The third-order valence-corrected chi connectivity index (χ3v) is 3.97. The number of hydrogen-bond donors (Lipinski definition) is 1. The predicted octanol–water partition coefficient (Wildman–Crippen LogP) is 2.35. The van der Waals surface area contributed by atoms with Crippen LogP contribution in [0.3, 0.4) is 0 Å². The minimum atomic E-state index is 0.497. The highest BCUT2D eigenvalue weighted by Gasteiger charge is 2.44. The summed E-state index contributed by atoms with van der Waals surface area (Å²) in [5.74, 6) is 0.678. The molecule has 17 heavy (non-hydrogen) atoms. The number of ether oxygens (including phenoxy) is 2. The Balaban J connectivity index is 1.81. The van der Waals surface area contributed by atoms with Gasteiger partial charge < -0.3 is 14.8 Å². The standard InChI is InChI=1S/C14H27NO2/c1-3-7-15-13(10-16-8-4-2)12-9-11-5-6-14(12)17-11/h11-15H,3-10H2,1-2H3. The minimum Gasteiger partial charge on any atom is -0.380 e. The van der Waals surface area contributed by atoms with Crippen molar-refractivity contribution in [3.05, 3.63) is 0 Å². The van der Waals surface area contributed by atoms with Gasteiger partial charge in [0.05, 0.1) is 18.8 Å². The molecule has 2 bridgehead atoms. The molecule has 4 unspecified atom stereocenters. The largest absolute Gasteiger partial charge is 0.380 e. The van der Waals surface area contributed by atoms with Gasteiger partial charge in [0.2, 0.25) is 0 Å². The molecule has 2 aliphatic rings. The Morgan fingerprint density at radius 3 is 2.76 bits per heavy atom. The van der Waals surface area contributed by atoms with E-state index in [2.05, 4.69) is 19.2 Å². The van der Waals surface area contributed by atoms with Gasteiger partial charge in [-0.3, -0.25) is 0 Å². The van der Waals surface area contributed by atoms with Crippen LogP contribution in [0.1, 0.15) is 46.0 Å². The smallest absolute Gasteiger partial charge is 0.0624 e. The molecule has 4 atom stereocenters. The van der Waals surface area contributed by atoms with Gasteiger partial charge in [-0.1, -0.05) is 13.8 Å². The van der Waals surface area contributed by atoms with E-state index in [9.17, 15) is 0 Å². The van der Waals surface area contributed by atoms with Crippen molar-refractivity contribution < 1.29 is 9.47 Å². The molecule has 0 aromatic rings. The van der Waals surface area contributed by atoms with Crippen molar-refractivity contribution in [3.63, 3.8) is 0 Å². The molecule has 0 aliphatic carbocycles. The minimum absolute atomic E-state index is 0.497. The second-order valence-electron chi connectivity index (χ2n) is 5.41. The van der Waals surface area contributed by atoms with E-state index in [-0.39, 0.29) is 0 Å². The summed E-state index contributed by atoms with van der Waals surface area (Å²) in [6.45, 7) is 7.20. The zero-order chi connectivity index (χ0) is 12.1. The average Bonchev–Trinajstić information content (AvgIpc) is 2.95. The Hall–Kier alpha value is -0.120. The normalized spacial score (nSPS) is 33.2. The number of hydrogen-bond acceptors (Lipinski definition) is 3. The highest BCUT2D eigenvalue weighted by molar-refractivity contribution is 4.95. The van der Waals surface area contributed by atoms with Crippen molar-refractivity contribution in [2.75, 3.05) is 19.8 Å². The number of fused-ring (bicyclic) bond motifs is 2. The van der Waals surface area contributed by atoms with Gasteiger partial charge in [0.25, 0.3) is 0 Å². The van der Waals surface area contributed by atoms with Crippen molar-refractivity contribution in [2.24, 2.45) is 5.92 Å². The van der Waals surface area contributed by atoms with E-state index in [1.54, 1.807) is 0 Å². The maximum atomic E-state index is 5.96. The Morgan fingerprint density at radius 1 is 1.29 bits per heavy atom. The van der Waals surface area contributed by atoms with Gasteiger partial charge in [-0.25, -0.2) is 0 Å². The molecule has 2 heterocycles. The highest BCUT2D eigenvalue weighted by Crippen LogP contribution is 2.40. The summed E-state index contributed by atoms with van der Waals surface area (Å²) < 4.78 is 11.7. The molecule has 0 amide bonds. The van der Waals surface area contributed by atoms with Gasteiger partial charge in [0, 0.05) is 18.6 Å². The Labute approximate surface area is 105 Å². The van der Waals surface area contributed by atoms with E-state index < -0.39 is 0 Å². The fourth-order valence-corrected chi connectivity index (χ4v) is 3.12. The molecule has 2 fully saturated rings. The van der Waals surface area contributed by atoms with Crippen molar-refractivity contribution in [2.45, 2.75) is 64.2 Å². The summed E-state index contributed by atoms with van der Waals surface area (Å²) in [6, 6.07) is 0.497. The van der Waals surface area contributed by atoms with Crippen LogP contribution < -0.4 is 5.32 Å². The third kappa shape index (κ3) is 3.43. The SMILES string of the molecule is CCCNC(COCCC)C1CC2CCC1O2. The summed E-state index contributed by atoms with van der Waals surface area (Å²) in [7, 11) is 0. The molecular weight excluding hydrogens is 214 g/mol. The predicted molar refractivity (Wildman–Crippen MR) is 69.2 cm³/mol. The fraction of sp³-hybridized carbons (Fsp3) is 1.00. The lowest BCUT2D eigenvalue weighted by Crippen LogP contribution is -2.44. The lowest BCUT2D eigenvalue weighted by Gasteiger charge is -2.29. The molecule has 100 valence electrons. The van der Waals surface area contributed by atoms with E-state index in [1.165, 1.54) is 25.7 Å². The molecule has 2 rings (SSSR count). The first kappa shape index (κ1) is 13.3. The van der Waals surface area contributed by atoms with Crippen LogP contribution in [0.15, 0.2) is 0 Å². The van der Waals surface area contributed by atoms with Crippen LogP contribution in [0.2, 0.25) is 0 Å². The van der Waals surface area contributed by atoms with Crippen molar-refractivity contribution in [1.82, 2.24) is 5.32 Å². The molecule has 1 N–H and O–H groups in total. The molecule has 0 radical (unpaired) electrons. The third-order valence-electron chi connectivity index (χ3n) is 3.97. The zero-order valence-electron chi connectivity index (χ0n) is 11.3. The molecule has 2 aliphatic heterocycles. The van der Waals surface area contributed by atoms with Gasteiger partial charge in [-0.05, 0) is 38.6 Å². The maximum absolute atomic E-state index is 5.96. The Kier molecular flexibility index (Phi) is 5.26. The quantitative estimate of drug-likeness (QED) is 0.662. The van der Waals surface area contributed by atoms with Crippen LogP contribution >= 0.6 is 0 Å². The highest BCUT2D eigenvalue weighted by atomic mass is 16.5. The first-order valence-electron chi connectivity index (χ1n) is 7.31. The van der Waals surface area contributed by atoms with Gasteiger partial charge in [-0.15, -0.1) is 0 Å². The topological polar surface area (TPSA) is 30.5 Å². The molecule has 0 aromatic heterocycles. The summed E-state index contributed by atoms with van der Waals surface area (Å²) in [6.07, 6.45) is 7.10. The van der Waals surface area contributed by atoms with E-state index in [0.29, 0.717) is 24.2 Å². The first-order chi connectivity index (χ1) is 8.35. The van der Waals surface area contributed by atoms with Gasteiger partial charge in [0.15, 0.2) is 0 Å². The average molecular weight is 241 g/mol. The number of nitrogens with one attached hydrogen (secondary N) is 1. The summed E-state index contributed by atoms with van der Waals surface area (Å²) in [5, 5.41) is 3.65. The van der Waals surface area contributed by atoms with E-state index in [1.807, 2.05) is 0 Å². The van der Waals surface area contributed by atoms with Crippen LogP contribution in [-0.4, -0.2) is 38.0 Å². The summed E-state index contributed by atoms with van der Waals surface area (Å²) >= 11 is 0. The van der Waals surface area contributed by atoms with Crippen molar-refractivity contribution >= 4 is 0 Å². The van der Waals surface area contributed by atoms with E-state index in [4.69, 9.17) is 9.47 Å². The van der Waals surface area contributed by atoms with Crippen molar-refractivity contribution in [1.29, 1.82) is 0 Å². The van der Waals surface area contributed by atoms with E-state index in [0.717, 1.165) is 26.2 Å². The lowest BCUT2D eigenvalue weighted by molar-refractivity contribution is 0.0576. The molecule has 0 aromatic carbocycles. The molecule has 2 saturated heterocycles. The zero-order valence-corrected chi connectivity index (χ0v) is 11.3. The van der Waals surface area contributed by atoms with Gasteiger partial charge >= 0.3 is 0 Å². The summed E-state index contributed by atoms with van der Waals surface area (Å²) in [5.41, 5.74) is 0. The Bertz CT molecular complexity index is 222. The first-order valence-corrected chi connectivity index (χ1v) is 7.31. The number of rotatable bonds is 8. The summed E-state index contributed by atoms with van der Waals surface area (Å²) in [4.78, 5) is 0.